The summed E-state index contributed by atoms with van der Waals surface area (Å²) in [5.41, 5.74) is 0. The Morgan fingerprint density at radius 2 is 1.50 bits per heavy atom. The molecule has 26 valence electrons. The van der Waals surface area contributed by atoms with Crippen molar-refractivity contribution >= 4 is 19.9 Å². The van der Waals surface area contributed by atoms with E-state index in [0.29, 0.717) is 0 Å². The molecular formula is H2O3Te. The van der Waals surface area contributed by atoms with Gasteiger partial charge in [-0.1, -0.05) is 0 Å². The third kappa shape index (κ3) is 35.0. The van der Waals surface area contributed by atoms with E-state index in [1.165, 1.54) is 0 Å². The molecular weight excluding hydrogens is 176 g/mol. The molecule has 0 saturated carbocycles. The summed E-state index contributed by atoms with van der Waals surface area (Å²) in [4.78, 5) is 0. The molecule has 0 rings (SSSR count). The maximum absolute atomic E-state index is 8.71. The second-order valence-corrected chi connectivity index (χ2v) is 1.60. The van der Waals surface area contributed by atoms with Crippen LogP contribution in [0.25, 0.3) is 0 Å². The number of hydrogen-bond donors (Lipinski definition) is 1. The van der Waals surface area contributed by atoms with Gasteiger partial charge in [-0.05, 0) is 0 Å². The minimum atomic E-state index is -3.95. The average molecular weight is 178 g/mol. The van der Waals surface area contributed by atoms with Gasteiger partial charge in [-0.2, -0.15) is 0 Å². The van der Waals surface area contributed by atoms with Crippen molar-refractivity contribution in [3.63, 3.8) is 0 Å². The Labute approximate surface area is 30.2 Å². The molecule has 0 aliphatic heterocycles. The molecule has 4 heteroatoms. The van der Waals surface area contributed by atoms with E-state index < -0.39 is 19.9 Å². The predicted octanol–water partition coefficient (Wildman–Crippen LogP) is -1.44. The van der Waals surface area contributed by atoms with Gasteiger partial charge in [-0.3, -0.25) is 0 Å². The topological polar surface area (TPSA) is 54.4 Å². The van der Waals surface area contributed by atoms with Gasteiger partial charge >= 0.3 is 29.6 Å². The van der Waals surface area contributed by atoms with Crippen LogP contribution in [0, 0.1) is 0 Å². The molecule has 0 atom stereocenters. The molecule has 0 fully saturated rings. The van der Waals surface area contributed by atoms with Crippen molar-refractivity contribution in [2.24, 2.45) is 0 Å². The summed E-state index contributed by atoms with van der Waals surface area (Å²) in [6.07, 6.45) is 0. The maximum atomic E-state index is 8.71. The Morgan fingerprint density at radius 3 is 1.50 bits per heavy atom. The summed E-state index contributed by atoms with van der Waals surface area (Å²) < 4.78 is 24.6. The van der Waals surface area contributed by atoms with Crippen molar-refractivity contribution in [2.75, 3.05) is 0 Å². The van der Waals surface area contributed by atoms with Crippen molar-refractivity contribution < 1.29 is 9.68 Å². The SMILES string of the molecule is O=[TeH](=O)O. The van der Waals surface area contributed by atoms with Gasteiger partial charge in [0.2, 0.25) is 0 Å². The van der Waals surface area contributed by atoms with Crippen LogP contribution in [0.15, 0.2) is 0 Å². The van der Waals surface area contributed by atoms with E-state index in [-0.39, 0.29) is 0 Å². The van der Waals surface area contributed by atoms with Gasteiger partial charge in [0.05, 0.1) is 0 Å². The van der Waals surface area contributed by atoms with Gasteiger partial charge in [0.15, 0.2) is 0 Å². The summed E-state index contributed by atoms with van der Waals surface area (Å²) in [5.74, 6) is 0. The summed E-state index contributed by atoms with van der Waals surface area (Å²) in [6.45, 7) is 0. The molecule has 0 heterocycles. The van der Waals surface area contributed by atoms with Crippen LogP contribution in [0.2, 0.25) is 0 Å². The van der Waals surface area contributed by atoms with Crippen molar-refractivity contribution in [3.8, 4) is 0 Å². The summed E-state index contributed by atoms with van der Waals surface area (Å²) in [5, 5.41) is 0. The third-order valence-corrected chi connectivity index (χ3v) is 0. The second-order valence-electron chi connectivity index (χ2n) is 0.238. The van der Waals surface area contributed by atoms with Gasteiger partial charge in [-0.25, -0.2) is 0 Å². The number of hydrogen-bond acceptors (Lipinski definition) is 2. The van der Waals surface area contributed by atoms with Crippen LogP contribution < -0.4 is 0 Å². The first kappa shape index (κ1) is 4.35. The standard InChI is InChI=1S/H2O3Te/c1-4(2)3/h4H,(H,1,2,3). The fraction of sp³-hybridized carbons (Fsp3) is 0. The van der Waals surface area contributed by atoms with E-state index in [1.807, 2.05) is 0 Å². The molecule has 0 amide bonds. The zero-order valence-corrected chi connectivity index (χ0v) is 4.26. The van der Waals surface area contributed by atoms with Gasteiger partial charge in [0.1, 0.15) is 0 Å². The van der Waals surface area contributed by atoms with E-state index in [9.17, 15) is 0 Å². The van der Waals surface area contributed by atoms with Crippen LogP contribution >= 0.6 is 0 Å². The van der Waals surface area contributed by atoms with Crippen molar-refractivity contribution in [2.45, 2.75) is 0 Å². The molecule has 0 unspecified atom stereocenters. The molecule has 0 aromatic rings. The molecule has 0 aromatic carbocycles. The summed E-state index contributed by atoms with van der Waals surface area (Å²) in [7, 11) is 0. The van der Waals surface area contributed by atoms with E-state index in [4.69, 9.17) is 9.68 Å². The molecule has 3 nitrogen and oxygen atoms in total. The van der Waals surface area contributed by atoms with Gasteiger partial charge in [-0.15, -0.1) is 0 Å². The van der Waals surface area contributed by atoms with Crippen LogP contribution in [0.3, 0.4) is 0 Å². The third-order valence-electron chi connectivity index (χ3n) is 0. The molecule has 1 N–H and O–H groups in total. The molecule has 0 radical (unpaired) electrons. The van der Waals surface area contributed by atoms with E-state index in [0.717, 1.165) is 0 Å². The molecule has 0 bridgehead atoms. The summed E-state index contributed by atoms with van der Waals surface area (Å²) >= 11 is -3.95. The second kappa shape index (κ2) is 1.65. The van der Waals surface area contributed by atoms with Crippen LogP contribution in [-0.4, -0.2) is 23.4 Å². The van der Waals surface area contributed by atoms with Crippen LogP contribution in [0.5, 0.6) is 0 Å². The fourth-order valence-electron chi connectivity index (χ4n) is 0. The van der Waals surface area contributed by atoms with Crippen LogP contribution in [-0.2, 0) is 6.21 Å². The monoisotopic (exact) mass is 180 g/mol. The number of rotatable bonds is 0. The van der Waals surface area contributed by atoms with Gasteiger partial charge in [0, 0.05) is 0 Å². The fourth-order valence-corrected chi connectivity index (χ4v) is 0. The van der Waals surface area contributed by atoms with E-state index in [1.54, 1.807) is 0 Å². The van der Waals surface area contributed by atoms with E-state index >= 15 is 0 Å². The van der Waals surface area contributed by atoms with Crippen molar-refractivity contribution in [1.29, 1.82) is 0 Å². The zero-order valence-electron chi connectivity index (χ0n) is 1.71. The van der Waals surface area contributed by atoms with Gasteiger partial charge < -0.3 is 0 Å². The molecule has 0 spiro atoms. The van der Waals surface area contributed by atoms with Crippen molar-refractivity contribution in [3.05, 3.63) is 0 Å². The molecule has 0 aliphatic rings. The normalized spacial score (nSPS) is 8.50. The predicted molar refractivity (Wildman–Crippen MR) is 10.7 cm³/mol. The Bertz CT molecular complexity index is 51.7. The summed E-state index contributed by atoms with van der Waals surface area (Å²) in [6, 6.07) is 0. The van der Waals surface area contributed by atoms with Crippen LogP contribution in [0.1, 0.15) is 0 Å². The first-order valence-electron chi connectivity index (χ1n) is 0.565. The Kier molecular flexibility index (Phi) is 1.79. The molecule has 0 aliphatic carbocycles. The molecule has 0 aromatic heterocycles. The minimum absolute atomic E-state index is 3.95. The quantitative estimate of drug-likeness (QED) is 0.461. The first-order chi connectivity index (χ1) is 1.73. The Hall–Kier alpha value is 0.350. The molecule has 0 saturated heterocycles. The van der Waals surface area contributed by atoms with E-state index in [2.05, 4.69) is 0 Å². The zero-order chi connectivity index (χ0) is 3.58. The molecule has 4 heavy (non-hydrogen) atoms. The van der Waals surface area contributed by atoms with Crippen molar-refractivity contribution in [1.82, 2.24) is 0 Å². The Morgan fingerprint density at radius 1 is 1.50 bits per heavy atom. The van der Waals surface area contributed by atoms with Gasteiger partial charge in [0.25, 0.3) is 0 Å². The first-order valence-corrected chi connectivity index (χ1v) is 3.79. The average Bonchev–Trinajstić information content (AvgIpc) is 0.811. The van der Waals surface area contributed by atoms with Crippen LogP contribution in [0.4, 0.5) is 0 Å². The Balaban J connectivity index is 3.51.